The fourth-order valence-corrected chi connectivity index (χ4v) is 4.23. The number of nitrogens with one attached hydrogen (secondary N) is 2. The van der Waals surface area contributed by atoms with Gasteiger partial charge in [-0.3, -0.25) is 4.99 Å². The van der Waals surface area contributed by atoms with E-state index in [1.54, 1.807) is 6.26 Å². The number of nitrogens with zero attached hydrogens (tertiary/aromatic N) is 1. The molecule has 3 rings (SSSR count). The van der Waals surface area contributed by atoms with E-state index >= 15 is 0 Å². The van der Waals surface area contributed by atoms with Crippen LogP contribution in [0.3, 0.4) is 0 Å². The fourth-order valence-electron chi connectivity index (χ4n) is 4.23. The molecule has 28 heavy (non-hydrogen) atoms. The van der Waals surface area contributed by atoms with Crippen molar-refractivity contribution in [2.45, 2.75) is 102 Å². The number of aliphatic imine (C=N–C) groups is 1. The number of halogens is 1. The maximum absolute atomic E-state index is 5.99. The number of rotatable bonds is 7. The van der Waals surface area contributed by atoms with Crippen LogP contribution in [-0.2, 0) is 11.2 Å². The summed E-state index contributed by atoms with van der Waals surface area (Å²) >= 11 is 0. The molecule has 0 unspecified atom stereocenters. The fraction of sp³-hybridized carbons (Fsp3) is 0.773. The Bertz CT molecular complexity index is 548. The van der Waals surface area contributed by atoms with Gasteiger partial charge in [0.15, 0.2) is 5.96 Å². The quantitative estimate of drug-likeness (QED) is 0.311. The second-order valence-corrected chi connectivity index (χ2v) is 8.34. The van der Waals surface area contributed by atoms with Crippen molar-refractivity contribution in [2.24, 2.45) is 4.99 Å². The predicted octanol–water partition coefficient (Wildman–Crippen LogP) is 5.04. The summed E-state index contributed by atoms with van der Waals surface area (Å²) in [6.45, 7) is 5.01. The SMILES string of the molecule is CC(C)OC1CCC(NC(=NCCc2ccco2)NC2CCCCC2)CC1.I. The molecular weight excluding hydrogens is 465 g/mol. The van der Waals surface area contributed by atoms with Gasteiger partial charge in [0.25, 0.3) is 0 Å². The molecule has 2 saturated carbocycles. The van der Waals surface area contributed by atoms with Gasteiger partial charge in [-0.25, -0.2) is 0 Å². The molecule has 160 valence electrons. The lowest BCUT2D eigenvalue weighted by Crippen LogP contribution is -2.49. The van der Waals surface area contributed by atoms with Gasteiger partial charge in [0.2, 0.25) is 0 Å². The smallest absolute Gasteiger partial charge is 0.191 e. The molecule has 2 aliphatic carbocycles. The lowest BCUT2D eigenvalue weighted by Gasteiger charge is -2.32. The van der Waals surface area contributed by atoms with E-state index in [-0.39, 0.29) is 24.0 Å². The van der Waals surface area contributed by atoms with Crippen LogP contribution in [0, 0.1) is 0 Å². The molecule has 0 aliphatic heterocycles. The molecule has 0 amide bonds. The van der Waals surface area contributed by atoms with E-state index < -0.39 is 0 Å². The molecular formula is C22H38IN3O2. The first-order valence-corrected chi connectivity index (χ1v) is 10.9. The van der Waals surface area contributed by atoms with Crippen molar-refractivity contribution >= 4 is 29.9 Å². The first kappa shape index (κ1) is 23.5. The largest absolute Gasteiger partial charge is 0.469 e. The first-order valence-electron chi connectivity index (χ1n) is 10.9. The molecule has 2 fully saturated rings. The second kappa shape index (κ2) is 12.7. The average molecular weight is 503 g/mol. The number of ether oxygens (including phenoxy) is 1. The van der Waals surface area contributed by atoms with E-state index in [2.05, 4.69) is 24.5 Å². The number of furan rings is 1. The molecule has 2 N–H and O–H groups in total. The Hall–Kier alpha value is -0.760. The number of hydrogen-bond acceptors (Lipinski definition) is 3. The third-order valence-corrected chi connectivity index (χ3v) is 5.63. The van der Waals surface area contributed by atoms with Crippen LogP contribution in [-0.4, -0.2) is 36.8 Å². The summed E-state index contributed by atoms with van der Waals surface area (Å²) in [7, 11) is 0. The Labute approximate surface area is 187 Å². The predicted molar refractivity (Wildman–Crippen MR) is 126 cm³/mol. The minimum Gasteiger partial charge on any atom is -0.469 e. The molecule has 1 heterocycles. The van der Waals surface area contributed by atoms with Crippen LogP contribution in [0.4, 0.5) is 0 Å². The lowest BCUT2D eigenvalue weighted by molar-refractivity contribution is -0.0152. The van der Waals surface area contributed by atoms with Gasteiger partial charge in [0.05, 0.1) is 18.5 Å². The van der Waals surface area contributed by atoms with Crippen molar-refractivity contribution in [3.05, 3.63) is 24.2 Å². The van der Waals surface area contributed by atoms with Gasteiger partial charge in [-0.15, -0.1) is 24.0 Å². The highest BCUT2D eigenvalue weighted by Gasteiger charge is 2.24. The molecule has 6 heteroatoms. The van der Waals surface area contributed by atoms with E-state index in [1.807, 2.05) is 12.1 Å². The van der Waals surface area contributed by atoms with Gasteiger partial charge >= 0.3 is 0 Å². The topological polar surface area (TPSA) is 58.8 Å². The molecule has 0 aromatic carbocycles. The third kappa shape index (κ3) is 8.31. The van der Waals surface area contributed by atoms with Crippen molar-refractivity contribution in [3.63, 3.8) is 0 Å². The molecule has 2 aliphatic rings. The normalized spacial score (nSPS) is 24.0. The van der Waals surface area contributed by atoms with Crippen molar-refractivity contribution in [1.29, 1.82) is 0 Å². The Morgan fingerprint density at radius 1 is 1.07 bits per heavy atom. The molecule has 1 aromatic rings. The summed E-state index contributed by atoms with van der Waals surface area (Å²) in [4.78, 5) is 4.86. The zero-order valence-electron chi connectivity index (χ0n) is 17.5. The maximum Gasteiger partial charge on any atom is 0.191 e. The lowest BCUT2D eigenvalue weighted by atomic mass is 9.92. The standard InChI is InChI=1S/C22H37N3O2.HI/c1-17(2)27-21-12-10-19(11-13-21)25-22(24-18-7-4-3-5-8-18)23-15-14-20-9-6-16-26-20;/h6,9,16-19,21H,3-5,7-8,10-15H2,1-2H3,(H2,23,24,25);1H. The highest BCUT2D eigenvalue weighted by Crippen LogP contribution is 2.22. The van der Waals surface area contributed by atoms with Crippen LogP contribution in [0.5, 0.6) is 0 Å². The van der Waals surface area contributed by atoms with Crippen molar-refractivity contribution in [1.82, 2.24) is 10.6 Å². The maximum atomic E-state index is 5.99. The minimum atomic E-state index is 0. The average Bonchev–Trinajstić information content (AvgIpc) is 3.17. The summed E-state index contributed by atoms with van der Waals surface area (Å²) in [6, 6.07) is 5.02. The molecule has 0 bridgehead atoms. The highest BCUT2D eigenvalue weighted by atomic mass is 127. The Kier molecular flexibility index (Phi) is 10.7. The molecule has 5 nitrogen and oxygen atoms in total. The zero-order valence-corrected chi connectivity index (χ0v) is 19.8. The number of hydrogen-bond donors (Lipinski definition) is 2. The Balaban J connectivity index is 0.00000280. The van der Waals surface area contributed by atoms with Crippen molar-refractivity contribution < 1.29 is 9.15 Å². The Morgan fingerprint density at radius 3 is 2.36 bits per heavy atom. The number of guanidine groups is 1. The van der Waals surface area contributed by atoms with E-state index in [1.165, 1.54) is 32.1 Å². The van der Waals surface area contributed by atoms with Gasteiger partial charge in [0.1, 0.15) is 5.76 Å². The van der Waals surface area contributed by atoms with Gasteiger partial charge in [-0.05, 0) is 64.5 Å². The van der Waals surface area contributed by atoms with Gasteiger partial charge in [0, 0.05) is 25.0 Å². The summed E-state index contributed by atoms with van der Waals surface area (Å²) in [5.74, 6) is 1.99. The van der Waals surface area contributed by atoms with Crippen molar-refractivity contribution in [3.8, 4) is 0 Å². The van der Waals surface area contributed by atoms with Crippen LogP contribution < -0.4 is 10.6 Å². The zero-order chi connectivity index (χ0) is 18.9. The van der Waals surface area contributed by atoms with Gasteiger partial charge in [-0.1, -0.05) is 19.3 Å². The van der Waals surface area contributed by atoms with Crippen LogP contribution >= 0.6 is 24.0 Å². The molecule has 0 saturated heterocycles. The minimum absolute atomic E-state index is 0. The monoisotopic (exact) mass is 503 g/mol. The van der Waals surface area contributed by atoms with Crippen LogP contribution in [0.1, 0.15) is 77.4 Å². The van der Waals surface area contributed by atoms with E-state index in [4.69, 9.17) is 14.1 Å². The molecule has 1 aromatic heterocycles. The summed E-state index contributed by atoms with van der Waals surface area (Å²) in [6.07, 6.45) is 14.5. The first-order chi connectivity index (χ1) is 13.2. The van der Waals surface area contributed by atoms with Crippen LogP contribution in [0.25, 0.3) is 0 Å². The van der Waals surface area contributed by atoms with Gasteiger partial charge < -0.3 is 19.8 Å². The summed E-state index contributed by atoms with van der Waals surface area (Å²) < 4.78 is 11.4. The molecule has 0 atom stereocenters. The van der Waals surface area contributed by atoms with E-state index in [9.17, 15) is 0 Å². The molecule has 0 spiro atoms. The van der Waals surface area contributed by atoms with Crippen LogP contribution in [0.2, 0.25) is 0 Å². The van der Waals surface area contributed by atoms with Crippen LogP contribution in [0.15, 0.2) is 27.8 Å². The molecule has 0 radical (unpaired) electrons. The van der Waals surface area contributed by atoms with E-state index in [0.717, 1.165) is 50.4 Å². The van der Waals surface area contributed by atoms with Gasteiger partial charge in [-0.2, -0.15) is 0 Å². The highest BCUT2D eigenvalue weighted by molar-refractivity contribution is 14.0. The van der Waals surface area contributed by atoms with Crippen molar-refractivity contribution in [2.75, 3.05) is 6.54 Å². The summed E-state index contributed by atoms with van der Waals surface area (Å²) in [5, 5.41) is 7.41. The third-order valence-electron chi connectivity index (χ3n) is 5.63. The second-order valence-electron chi connectivity index (χ2n) is 8.34. The Morgan fingerprint density at radius 2 is 1.75 bits per heavy atom. The summed E-state index contributed by atoms with van der Waals surface area (Å²) in [5.41, 5.74) is 0. The van der Waals surface area contributed by atoms with E-state index in [0.29, 0.717) is 24.3 Å².